The molecule has 17 heavy (non-hydrogen) atoms. The molecule has 1 atom stereocenters. The lowest BCUT2D eigenvalue weighted by Gasteiger charge is -2.16. The summed E-state index contributed by atoms with van der Waals surface area (Å²) in [6.45, 7) is 0.303. The van der Waals surface area contributed by atoms with Crippen molar-refractivity contribution >= 4 is 5.97 Å². The fourth-order valence-corrected chi connectivity index (χ4v) is 1.69. The van der Waals surface area contributed by atoms with Crippen molar-refractivity contribution in [3.63, 3.8) is 0 Å². The SMILES string of the molecule is COc1ccc(OC)c(C(CCN)C(=O)O)c1. The summed E-state index contributed by atoms with van der Waals surface area (Å²) in [5, 5.41) is 9.19. The van der Waals surface area contributed by atoms with Crippen molar-refractivity contribution in [1.29, 1.82) is 0 Å². The van der Waals surface area contributed by atoms with Gasteiger partial charge in [0, 0.05) is 5.56 Å². The number of hydrogen-bond acceptors (Lipinski definition) is 4. The van der Waals surface area contributed by atoms with Crippen LogP contribution in [-0.4, -0.2) is 31.8 Å². The molecule has 0 spiro atoms. The summed E-state index contributed by atoms with van der Waals surface area (Å²) < 4.78 is 10.2. The monoisotopic (exact) mass is 239 g/mol. The number of carboxylic acids is 1. The molecule has 5 heteroatoms. The zero-order chi connectivity index (χ0) is 12.8. The Morgan fingerprint density at radius 2 is 2.12 bits per heavy atom. The van der Waals surface area contributed by atoms with E-state index in [1.165, 1.54) is 14.2 Å². The first kappa shape index (κ1) is 13.3. The maximum Gasteiger partial charge on any atom is 0.311 e. The van der Waals surface area contributed by atoms with Gasteiger partial charge in [0.1, 0.15) is 11.5 Å². The minimum absolute atomic E-state index is 0.303. The number of carboxylic acid groups (broad SMARTS) is 1. The fourth-order valence-electron chi connectivity index (χ4n) is 1.69. The Balaban J connectivity index is 3.18. The van der Waals surface area contributed by atoms with Crippen LogP contribution < -0.4 is 15.2 Å². The van der Waals surface area contributed by atoms with E-state index in [0.717, 1.165) is 0 Å². The third kappa shape index (κ3) is 3.10. The second-order valence-electron chi connectivity index (χ2n) is 3.58. The van der Waals surface area contributed by atoms with Crippen molar-refractivity contribution in [3.8, 4) is 11.5 Å². The maximum atomic E-state index is 11.2. The predicted octanol–water partition coefficient (Wildman–Crippen LogP) is 1.22. The molecule has 0 aliphatic rings. The summed E-state index contributed by atoms with van der Waals surface area (Å²) in [4.78, 5) is 11.2. The molecule has 0 saturated carbocycles. The van der Waals surface area contributed by atoms with E-state index in [-0.39, 0.29) is 0 Å². The smallest absolute Gasteiger partial charge is 0.311 e. The molecule has 1 aromatic rings. The van der Waals surface area contributed by atoms with Gasteiger partial charge in [-0.25, -0.2) is 0 Å². The van der Waals surface area contributed by atoms with Crippen molar-refractivity contribution < 1.29 is 19.4 Å². The van der Waals surface area contributed by atoms with E-state index in [4.69, 9.17) is 15.2 Å². The average molecular weight is 239 g/mol. The molecule has 5 nitrogen and oxygen atoms in total. The molecule has 1 rings (SSSR count). The molecule has 0 bridgehead atoms. The first-order chi connectivity index (χ1) is 8.13. The largest absolute Gasteiger partial charge is 0.497 e. The molecule has 0 aliphatic heterocycles. The predicted molar refractivity (Wildman–Crippen MR) is 63.6 cm³/mol. The quantitative estimate of drug-likeness (QED) is 0.780. The molecule has 0 fully saturated rings. The molecule has 0 heterocycles. The van der Waals surface area contributed by atoms with Crippen LogP contribution in [0.2, 0.25) is 0 Å². The lowest BCUT2D eigenvalue weighted by molar-refractivity contribution is -0.138. The molecular weight excluding hydrogens is 222 g/mol. The molecule has 0 amide bonds. The zero-order valence-electron chi connectivity index (χ0n) is 9.97. The van der Waals surface area contributed by atoms with Crippen LogP contribution in [0.3, 0.4) is 0 Å². The molecule has 0 radical (unpaired) electrons. The molecule has 3 N–H and O–H groups in total. The maximum absolute atomic E-state index is 11.2. The topological polar surface area (TPSA) is 81.8 Å². The van der Waals surface area contributed by atoms with Gasteiger partial charge >= 0.3 is 5.97 Å². The first-order valence-electron chi connectivity index (χ1n) is 5.28. The van der Waals surface area contributed by atoms with Gasteiger partial charge in [0.25, 0.3) is 0 Å². The van der Waals surface area contributed by atoms with Gasteiger partial charge < -0.3 is 20.3 Å². The molecular formula is C12H17NO4. The average Bonchev–Trinajstić information content (AvgIpc) is 2.34. The highest BCUT2D eigenvalue weighted by Crippen LogP contribution is 2.32. The van der Waals surface area contributed by atoms with Gasteiger partial charge in [-0.1, -0.05) is 0 Å². The van der Waals surface area contributed by atoms with E-state index in [1.54, 1.807) is 18.2 Å². The first-order valence-corrected chi connectivity index (χ1v) is 5.28. The Morgan fingerprint density at radius 3 is 2.59 bits per heavy atom. The molecule has 0 aromatic heterocycles. The van der Waals surface area contributed by atoms with Crippen LogP contribution in [0.15, 0.2) is 18.2 Å². The van der Waals surface area contributed by atoms with E-state index in [1.807, 2.05) is 0 Å². The Kier molecular flexibility index (Phi) is 4.78. The van der Waals surface area contributed by atoms with Crippen molar-refractivity contribution in [3.05, 3.63) is 23.8 Å². The van der Waals surface area contributed by atoms with E-state index >= 15 is 0 Å². The summed E-state index contributed by atoms with van der Waals surface area (Å²) in [7, 11) is 3.04. The highest BCUT2D eigenvalue weighted by atomic mass is 16.5. The summed E-state index contributed by atoms with van der Waals surface area (Å²) in [5.41, 5.74) is 6.02. The van der Waals surface area contributed by atoms with Gasteiger partial charge in [-0.2, -0.15) is 0 Å². The highest BCUT2D eigenvalue weighted by Gasteiger charge is 2.23. The Hall–Kier alpha value is -1.75. The minimum atomic E-state index is -0.915. The van der Waals surface area contributed by atoms with Crippen LogP contribution in [0.25, 0.3) is 0 Å². The van der Waals surface area contributed by atoms with Gasteiger partial charge in [0.05, 0.1) is 20.1 Å². The van der Waals surface area contributed by atoms with E-state index in [2.05, 4.69) is 0 Å². The third-order valence-electron chi connectivity index (χ3n) is 2.57. The van der Waals surface area contributed by atoms with Gasteiger partial charge in [-0.15, -0.1) is 0 Å². The summed E-state index contributed by atoms with van der Waals surface area (Å²) >= 11 is 0. The lowest BCUT2D eigenvalue weighted by Crippen LogP contribution is -2.17. The Labute approximate surface area is 100 Å². The van der Waals surface area contributed by atoms with Gasteiger partial charge in [-0.05, 0) is 31.2 Å². The summed E-state index contributed by atoms with van der Waals surface area (Å²) in [6.07, 6.45) is 0.360. The van der Waals surface area contributed by atoms with Crippen LogP contribution in [-0.2, 0) is 4.79 Å². The van der Waals surface area contributed by atoms with Crippen molar-refractivity contribution in [2.75, 3.05) is 20.8 Å². The fraction of sp³-hybridized carbons (Fsp3) is 0.417. The highest BCUT2D eigenvalue weighted by molar-refractivity contribution is 5.77. The van der Waals surface area contributed by atoms with Crippen LogP contribution in [0, 0.1) is 0 Å². The third-order valence-corrected chi connectivity index (χ3v) is 2.57. The van der Waals surface area contributed by atoms with Crippen molar-refractivity contribution in [2.24, 2.45) is 5.73 Å². The summed E-state index contributed by atoms with van der Waals surface area (Å²) in [5.74, 6) is -0.456. The summed E-state index contributed by atoms with van der Waals surface area (Å²) in [6, 6.07) is 5.09. The number of nitrogens with two attached hydrogens (primary N) is 1. The van der Waals surface area contributed by atoms with Crippen LogP contribution in [0.1, 0.15) is 17.9 Å². The number of rotatable bonds is 6. The Bertz CT molecular complexity index is 392. The van der Waals surface area contributed by atoms with E-state index in [0.29, 0.717) is 30.0 Å². The van der Waals surface area contributed by atoms with Crippen LogP contribution in [0.4, 0.5) is 0 Å². The second-order valence-corrected chi connectivity index (χ2v) is 3.58. The molecule has 1 unspecified atom stereocenters. The number of benzene rings is 1. The zero-order valence-corrected chi connectivity index (χ0v) is 9.97. The van der Waals surface area contributed by atoms with Crippen LogP contribution in [0.5, 0.6) is 11.5 Å². The molecule has 0 saturated heterocycles. The molecule has 94 valence electrons. The van der Waals surface area contributed by atoms with E-state index in [9.17, 15) is 9.90 Å². The standard InChI is InChI=1S/C12H17NO4/c1-16-8-3-4-11(17-2)10(7-8)9(5-6-13)12(14)15/h3-4,7,9H,5-6,13H2,1-2H3,(H,14,15). The van der Waals surface area contributed by atoms with Crippen LogP contribution >= 0.6 is 0 Å². The molecule has 1 aromatic carbocycles. The lowest BCUT2D eigenvalue weighted by atomic mass is 9.94. The van der Waals surface area contributed by atoms with Gasteiger partial charge in [0.2, 0.25) is 0 Å². The number of hydrogen-bond donors (Lipinski definition) is 2. The van der Waals surface area contributed by atoms with Crippen molar-refractivity contribution in [1.82, 2.24) is 0 Å². The molecule has 0 aliphatic carbocycles. The minimum Gasteiger partial charge on any atom is -0.497 e. The number of carbonyl (C=O) groups is 1. The second kappa shape index (κ2) is 6.10. The Morgan fingerprint density at radius 1 is 1.41 bits per heavy atom. The van der Waals surface area contributed by atoms with E-state index < -0.39 is 11.9 Å². The number of methoxy groups -OCH3 is 2. The van der Waals surface area contributed by atoms with Gasteiger partial charge in [-0.3, -0.25) is 4.79 Å². The van der Waals surface area contributed by atoms with Gasteiger partial charge in [0.15, 0.2) is 0 Å². The van der Waals surface area contributed by atoms with Crippen molar-refractivity contribution in [2.45, 2.75) is 12.3 Å². The number of aliphatic carboxylic acids is 1. The number of ether oxygens (including phenoxy) is 2. The normalized spacial score (nSPS) is 11.9.